The van der Waals surface area contributed by atoms with Crippen LogP contribution in [-0.2, 0) is 10.3 Å². The molecule has 0 aromatic carbocycles. The van der Waals surface area contributed by atoms with E-state index in [1.807, 2.05) is 81.5 Å². The van der Waals surface area contributed by atoms with Gasteiger partial charge in [-0.15, -0.1) is 0 Å². The Morgan fingerprint density at radius 3 is 2.52 bits per heavy atom. The number of fused-ring (bicyclic) bond motifs is 6. The first-order valence-corrected chi connectivity index (χ1v) is 10.9. The number of carbonyl (C=O) groups is 1. The number of ketones is 1. The van der Waals surface area contributed by atoms with Crippen molar-refractivity contribution in [2.24, 2.45) is 15.4 Å². The first kappa shape index (κ1) is 19.7. The average Bonchev–Trinajstić information content (AvgIpc) is 3.57. The van der Waals surface area contributed by atoms with Crippen molar-refractivity contribution in [2.45, 2.75) is 31.8 Å². The van der Waals surface area contributed by atoms with Gasteiger partial charge in [0, 0.05) is 16.4 Å². The third-order valence-corrected chi connectivity index (χ3v) is 6.58. The standard InChI is InChI=1S/C26H23N5O2/c1-24(2)21-13-26(22-14-27-15-33-22)9-8-19(30-26)11-18-5-4-16(28-18)10-17-6-7-20(29-17)12-25(3,31-21)23(24)32/h4-15,28,31H,1-3H3. The summed E-state index contributed by atoms with van der Waals surface area (Å²) in [6, 6.07) is 4.01. The fourth-order valence-corrected chi connectivity index (χ4v) is 4.85. The van der Waals surface area contributed by atoms with E-state index in [9.17, 15) is 4.79 Å². The van der Waals surface area contributed by atoms with Crippen LogP contribution in [0.3, 0.4) is 0 Å². The second-order valence-corrected chi connectivity index (χ2v) is 9.50. The van der Waals surface area contributed by atoms with Crippen molar-refractivity contribution in [1.29, 1.82) is 0 Å². The number of rotatable bonds is 1. The zero-order chi connectivity index (χ0) is 22.8. The van der Waals surface area contributed by atoms with Gasteiger partial charge in [0.25, 0.3) is 0 Å². The lowest BCUT2D eigenvalue weighted by Crippen LogP contribution is -2.41. The molecule has 0 saturated carbocycles. The number of hydrogen-bond acceptors (Lipinski definition) is 6. The van der Waals surface area contributed by atoms with Crippen LogP contribution in [0, 0.1) is 5.41 Å². The maximum atomic E-state index is 13.6. The van der Waals surface area contributed by atoms with E-state index in [4.69, 9.17) is 14.4 Å². The molecule has 0 aliphatic carbocycles. The number of nitrogens with one attached hydrogen (secondary N) is 2. The number of hydrogen-bond donors (Lipinski definition) is 2. The Morgan fingerprint density at radius 1 is 0.970 bits per heavy atom. The van der Waals surface area contributed by atoms with Crippen LogP contribution in [0.5, 0.6) is 0 Å². The van der Waals surface area contributed by atoms with Gasteiger partial charge < -0.3 is 14.7 Å². The molecule has 6 heterocycles. The van der Waals surface area contributed by atoms with Gasteiger partial charge in [-0.3, -0.25) is 9.79 Å². The van der Waals surface area contributed by atoms with Crippen LogP contribution >= 0.6 is 0 Å². The van der Waals surface area contributed by atoms with Gasteiger partial charge in [-0.25, -0.2) is 9.98 Å². The van der Waals surface area contributed by atoms with Crippen molar-refractivity contribution >= 4 is 29.4 Å². The molecule has 1 fully saturated rings. The molecule has 4 aliphatic heterocycles. The molecule has 0 radical (unpaired) electrons. The minimum absolute atomic E-state index is 0.0677. The molecule has 2 unspecified atom stereocenters. The Kier molecular flexibility index (Phi) is 3.88. The number of H-pyrrole nitrogens is 1. The summed E-state index contributed by atoms with van der Waals surface area (Å²) in [6.07, 6.45) is 18.7. The number of aliphatic imine (C=N–C) groups is 2. The van der Waals surface area contributed by atoms with E-state index in [2.05, 4.69) is 15.3 Å². The van der Waals surface area contributed by atoms with E-state index in [1.165, 1.54) is 6.39 Å². The third kappa shape index (κ3) is 3.03. The molecule has 164 valence electrons. The lowest BCUT2D eigenvalue weighted by atomic mass is 9.79. The molecular formula is C26H23N5O2. The Hall–Kier alpha value is -4.00. The Balaban J connectivity index is 1.63. The third-order valence-electron chi connectivity index (χ3n) is 6.58. The van der Waals surface area contributed by atoms with Gasteiger partial charge >= 0.3 is 0 Å². The summed E-state index contributed by atoms with van der Waals surface area (Å²) in [5, 5.41) is 5.35. The largest absolute Gasteiger partial charge is 0.445 e. The summed E-state index contributed by atoms with van der Waals surface area (Å²) in [4.78, 5) is 30.8. The van der Waals surface area contributed by atoms with Gasteiger partial charge in [0.15, 0.2) is 23.5 Å². The van der Waals surface area contributed by atoms with E-state index in [1.54, 1.807) is 6.20 Å². The summed E-state index contributed by atoms with van der Waals surface area (Å²) >= 11 is 0. The number of allylic oxidation sites excluding steroid dienone is 4. The molecule has 2 N–H and O–H groups in total. The maximum absolute atomic E-state index is 13.6. The number of aromatic amines is 1. The summed E-state index contributed by atoms with van der Waals surface area (Å²) < 4.78 is 5.70. The van der Waals surface area contributed by atoms with Gasteiger partial charge in [-0.1, -0.05) is 0 Å². The van der Waals surface area contributed by atoms with Crippen molar-refractivity contribution in [3.8, 4) is 0 Å². The van der Waals surface area contributed by atoms with Crippen molar-refractivity contribution in [2.75, 3.05) is 0 Å². The predicted molar refractivity (Wildman–Crippen MR) is 127 cm³/mol. The highest BCUT2D eigenvalue weighted by atomic mass is 16.3. The second kappa shape index (κ2) is 6.51. The van der Waals surface area contributed by atoms with Crippen LogP contribution in [0.1, 0.15) is 26.5 Å². The summed E-state index contributed by atoms with van der Waals surface area (Å²) in [5.74, 6) is 0.652. The minimum Gasteiger partial charge on any atom is -0.445 e. The van der Waals surface area contributed by atoms with Crippen LogP contribution in [0.15, 0.2) is 87.0 Å². The zero-order valence-electron chi connectivity index (χ0n) is 18.6. The Morgan fingerprint density at radius 2 is 1.76 bits per heavy atom. The molecule has 6 rings (SSSR count). The molecule has 2 atom stereocenters. The average molecular weight is 438 g/mol. The zero-order valence-corrected chi connectivity index (χ0v) is 18.6. The molecule has 0 spiro atoms. The highest BCUT2D eigenvalue weighted by Crippen LogP contribution is 2.44. The number of carbonyl (C=O) groups excluding carboxylic acids is 1. The van der Waals surface area contributed by atoms with Gasteiger partial charge in [0.1, 0.15) is 5.54 Å². The molecule has 2 aromatic heterocycles. The van der Waals surface area contributed by atoms with Gasteiger partial charge in [0.05, 0.1) is 28.7 Å². The van der Waals surface area contributed by atoms with Gasteiger partial charge in [-0.2, -0.15) is 0 Å². The smallest absolute Gasteiger partial charge is 0.181 e. The number of oxazole rings is 1. The summed E-state index contributed by atoms with van der Waals surface area (Å²) in [7, 11) is 0. The second-order valence-electron chi connectivity index (χ2n) is 9.50. The normalized spacial score (nSPS) is 29.0. The topological polar surface area (TPSA) is 95.6 Å². The first-order valence-electron chi connectivity index (χ1n) is 10.9. The van der Waals surface area contributed by atoms with Crippen LogP contribution in [0.25, 0.3) is 12.2 Å². The van der Waals surface area contributed by atoms with Crippen LogP contribution in [0.4, 0.5) is 0 Å². The van der Waals surface area contributed by atoms with E-state index >= 15 is 0 Å². The molecule has 7 nitrogen and oxygen atoms in total. The van der Waals surface area contributed by atoms with Crippen LogP contribution in [0.2, 0.25) is 0 Å². The molecule has 8 bridgehead atoms. The van der Waals surface area contributed by atoms with Crippen molar-refractivity contribution in [1.82, 2.24) is 15.3 Å². The van der Waals surface area contributed by atoms with Gasteiger partial charge in [-0.05, 0) is 81.5 Å². The van der Waals surface area contributed by atoms with Crippen molar-refractivity contribution < 1.29 is 9.21 Å². The highest BCUT2D eigenvalue weighted by Gasteiger charge is 2.52. The van der Waals surface area contributed by atoms with E-state index in [0.29, 0.717) is 5.76 Å². The van der Waals surface area contributed by atoms with Crippen LogP contribution < -0.4 is 16.0 Å². The fourth-order valence-electron chi connectivity index (χ4n) is 4.85. The van der Waals surface area contributed by atoms with Crippen molar-refractivity contribution in [3.05, 3.63) is 89.0 Å². The molecular weight excluding hydrogens is 414 g/mol. The molecule has 33 heavy (non-hydrogen) atoms. The quantitative estimate of drug-likeness (QED) is 0.715. The van der Waals surface area contributed by atoms with Crippen LogP contribution in [-0.4, -0.2) is 32.7 Å². The molecule has 4 aliphatic rings. The fraction of sp³-hybridized carbons (Fsp3) is 0.231. The number of nitrogens with zero attached hydrogens (tertiary/aromatic N) is 3. The van der Waals surface area contributed by atoms with Gasteiger partial charge in [0.2, 0.25) is 0 Å². The minimum atomic E-state index is -0.909. The first-order chi connectivity index (χ1) is 15.8. The Bertz CT molecular complexity index is 1490. The Labute approximate surface area is 190 Å². The molecule has 7 heteroatoms. The lowest BCUT2D eigenvalue weighted by Gasteiger charge is -2.23. The summed E-state index contributed by atoms with van der Waals surface area (Å²) in [6.45, 7) is 5.76. The van der Waals surface area contributed by atoms with Crippen molar-refractivity contribution in [3.63, 3.8) is 0 Å². The van der Waals surface area contributed by atoms with E-state index in [-0.39, 0.29) is 5.78 Å². The molecule has 2 aromatic rings. The molecule has 0 amide bonds. The number of aromatic nitrogens is 2. The predicted octanol–water partition coefficient (Wildman–Crippen LogP) is 2.22. The number of Topliss-reactive ketones (excluding diaryl/α,β-unsaturated/α-hetero) is 1. The summed E-state index contributed by atoms with van der Waals surface area (Å²) in [5.41, 5.74) is 0.578. The van der Waals surface area contributed by atoms with E-state index < -0.39 is 16.5 Å². The van der Waals surface area contributed by atoms with E-state index in [0.717, 1.165) is 33.5 Å². The molecule has 1 saturated heterocycles. The monoisotopic (exact) mass is 437 g/mol. The highest BCUT2D eigenvalue weighted by molar-refractivity contribution is 6.20. The SMILES string of the molecule is CC12C=C3C=CC(=N3)C=c3ccc([nH]3)=CC3=NC(c4cnco4)(C=C3)C=C(N1)C(C)(C)C2=O. The lowest BCUT2D eigenvalue weighted by molar-refractivity contribution is -0.126. The maximum Gasteiger partial charge on any atom is 0.181 e.